The zero-order valence-corrected chi connectivity index (χ0v) is 11.9. The standard InChI is InChI=1S/C15H23NO4/c1-12-3-2-4-14(7-12)20-10-13(17)8-16-9-15-11-18-5-6-19-15/h2-4,7,13,15-17H,5-6,8-11H2,1H3. The van der Waals surface area contributed by atoms with Crippen LogP contribution in [0.15, 0.2) is 24.3 Å². The molecule has 2 unspecified atom stereocenters. The van der Waals surface area contributed by atoms with Crippen LogP contribution in [0.2, 0.25) is 0 Å². The number of nitrogens with one attached hydrogen (secondary N) is 1. The maximum atomic E-state index is 9.85. The number of aryl methyl sites for hydroxylation is 1. The van der Waals surface area contributed by atoms with Gasteiger partial charge in [-0.15, -0.1) is 0 Å². The maximum absolute atomic E-state index is 9.85. The lowest BCUT2D eigenvalue weighted by atomic mass is 10.2. The van der Waals surface area contributed by atoms with Crippen molar-refractivity contribution in [2.75, 3.05) is 39.5 Å². The van der Waals surface area contributed by atoms with Gasteiger partial charge in [0.2, 0.25) is 0 Å². The highest BCUT2D eigenvalue weighted by atomic mass is 16.6. The minimum Gasteiger partial charge on any atom is -0.491 e. The summed E-state index contributed by atoms with van der Waals surface area (Å²) in [6, 6.07) is 7.79. The van der Waals surface area contributed by atoms with Crippen LogP contribution < -0.4 is 10.1 Å². The summed E-state index contributed by atoms with van der Waals surface area (Å²) in [4.78, 5) is 0. The number of hydrogen-bond donors (Lipinski definition) is 2. The molecule has 2 rings (SSSR count). The fourth-order valence-electron chi connectivity index (χ4n) is 2.02. The molecule has 1 saturated heterocycles. The quantitative estimate of drug-likeness (QED) is 0.772. The molecule has 0 aliphatic carbocycles. The molecule has 1 aromatic carbocycles. The molecular weight excluding hydrogens is 258 g/mol. The molecule has 0 radical (unpaired) electrons. The SMILES string of the molecule is Cc1cccc(OCC(O)CNCC2COCCO2)c1. The van der Waals surface area contributed by atoms with Crippen molar-refractivity contribution in [3.05, 3.63) is 29.8 Å². The van der Waals surface area contributed by atoms with Crippen LogP contribution in [0.3, 0.4) is 0 Å². The summed E-state index contributed by atoms with van der Waals surface area (Å²) in [7, 11) is 0. The van der Waals surface area contributed by atoms with Crippen molar-refractivity contribution in [2.24, 2.45) is 0 Å². The lowest BCUT2D eigenvalue weighted by Crippen LogP contribution is -2.41. The molecule has 0 saturated carbocycles. The van der Waals surface area contributed by atoms with Crippen molar-refractivity contribution in [1.82, 2.24) is 5.32 Å². The second-order valence-electron chi connectivity index (χ2n) is 5.01. The summed E-state index contributed by atoms with van der Waals surface area (Å²) in [6.45, 7) is 5.38. The summed E-state index contributed by atoms with van der Waals surface area (Å²) in [5, 5.41) is 13.0. The molecule has 20 heavy (non-hydrogen) atoms. The van der Waals surface area contributed by atoms with Crippen LogP contribution in [0.5, 0.6) is 5.75 Å². The molecule has 1 heterocycles. The molecule has 0 bridgehead atoms. The Morgan fingerprint density at radius 3 is 3.10 bits per heavy atom. The summed E-state index contributed by atoms with van der Waals surface area (Å²) >= 11 is 0. The molecule has 1 aliphatic rings. The van der Waals surface area contributed by atoms with Gasteiger partial charge in [0, 0.05) is 13.1 Å². The van der Waals surface area contributed by atoms with Crippen molar-refractivity contribution in [3.8, 4) is 5.75 Å². The van der Waals surface area contributed by atoms with Crippen molar-refractivity contribution < 1.29 is 19.3 Å². The second kappa shape index (κ2) is 8.21. The van der Waals surface area contributed by atoms with Crippen LogP contribution in [-0.2, 0) is 9.47 Å². The van der Waals surface area contributed by atoms with Crippen LogP contribution in [0.1, 0.15) is 5.56 Å². The summed E-state index contributed by atoms with van der Waals surface area (Å²) in [5.41, 5.74) is 1.14. The van der Waals surface area contributed by atoms with Gasteiger partial charge in [0.05, 0.1) is 25.9 Å². The lowest BCUT2D eigenvalue weighted by Gasteiger charge is -2.23. The van der Waals surface area contributed by atoms with E-state index < -0.39 is 6.10 Å². The van der Waals surface area contributed by atoms with Crippen LogP contribution in [0, 0.1) is 6.92 Å². The number of hydrogen-bond acceptors (Lipinski definition) is 5. The molecule has 0 spiro atoms. The van der Waals surface area contributed by atoms with Crippen molar-refractivity contribution in [3.63, 3.8) is 0 Å². The normalized spacial score (nSPS) is 20.6. The monoisotopic (exact) mass is 281 g/mol. The van der Waals surface area contributed by atoms with E-state index in [1.165, 1.54) is 0 Å². The summed E-state index contributed by atoms with van der Waals surface area (Å²) < 4.78 is 16.4. The molecule has 112 valence electrons. The highest BCUT2D eigenvalue weighted by Crippen LogP contribution is 2.12. The number of aliphatic hydroxyl groups excluding tert-OH is 1. The Balaban J connectivity index is 1.59. The van der Waals surface area contributed by atoms with E-state index in [1.54, 1.807) is 0 Å². The first-order valence-electron chi connectivity index (χ1n) is 7.01. The third-order valence-electron chi connectivity index (χ3n) is 3.07. The van der Waals surface area contributed by atoms with E-state index in [4.69, 9.17) is 14.2 Å². The first-order chi connectivity index (χ1) is 9.74. The summed E-state index contributed by atoms with van der Waals surface area (Å²) in [6.07, 6.45) is -0.464. The fraction of sp³-hybridized carbons (Fsp3) is 0.600. The average Bonchev–Trinajstić information content (AvgIpc) is 2.46. The van der Waals surface area contributed by atoms with Crippen LogP contribution in [0.4, 0.5) is 0 Å². The van der Waals surface area contributed by atoms with E-state index >= 15 is 0 Å². The third-order valence-corrected chi connectivity index (χ3v) is 3.07. The van der Waals surface area contributed by atoms with E-state index in [0.29, 0.717) is 32.9 Å². The first-order valence-corrected chi connectivity index (χ1v) is 7.01. The fourth-order valence-corrected chi connectivity index (χ4v) is 2.02. The van der Waals surface area contributed by atoms with Crippen LogP contribution in [-0.4, -0.2) is 56.8 Å². The van der Waals surface area contributed by atoms with E-state index in [1.807, 2.05) is 31.2 Å². The van der Waals surface area contributed by atoms with Gasteiger partial charge < -0.3 is 24.6 Å². The predicted molar refractivity (Wildman–Crippen MR) is 76.1 cm³/mol. The van der Waals surface area contributed by atoms with Crippen molar-refractivity contribution in [2.45, 2.75) is 19.1 Å². The number of rotatable bonds is 7. The minimum absolute atomic E-state index is 0.0774. The van der Waals surface area contributed by atoms with Gasteiger partial charge in [-0.1, -0.05) is 12.1 Å². The van der Waals surface area contributed by atoms with Gasteiger partial charge in [0.25, 0.3) is 0 Å². The molecule has 1 aromatic rings. The molecule has 2 atom stereocenters. The minimum atomic E-state index is -0.542. The molecule has 2 N–H and O–H groups in total. The highest BCUT2D eigenvalue weighted by Gasteiger charge is 2.14. The van der Waals surface area contributed by atoms with Gasteiger partial charge in [-0.05, 0) is 24.6 Å². The predicted octanol–water partition coefficient (Wildman–Crippen LogP) is 0.740. The molecule has 0 aromatic heterocycles. The van der Waals surface area contributed by atoms with E-state index in [2.05, 4.69) is 5.32 Å². The smallest absolute Gasteiger partial charge is 0.119 e. The number of ether oxygens (including phenoxy) is 3. The lowest BCUT2D eigenvalue weighted by molar-refractivity contribution is -0.0869. The molecular formula is C15H23NO4. The Hall–Kier alpha value is -1.14. The van der Waals surface area contributed by atoms with Crippen LogP contribution in [0.25, 0.3) is 0 Å². The van der Waals surface area contributed by atoms with Gasteiger partial charge in [-0.3, -0.25) is 0 Å². The zero-order valence-electron chi connectivity index (χ0n) is 11.9. The summed E-state index contributed by atoms with van der Waals surface area (Å²) in [5.74, 6) is 0.785. The largest absolute Gasteiger partial charge is 0.491 e. The topological polar surface area (TPSA) is 60.0 Å². The molecule has 0 amide bonds. The van der Waals surface area contributed by atoms with Crippen molar-refractivity contribution >= 4 is 0 Å². The highest BCUT2D eigenvalue weighted by molar-refractivity contribution is 5.27. The maximum Gasteiger partial charge on any atom is 0.119 e. The molecule has 5 nitrogen and oxygen atoms in total. The van der Waals surface area contributed by atoms with Gasteiger partial charge in [-0.25, -0.2) is 0 Å². The van der Waals surface area contributed by atoms with Crippen LogP contribution >= 0.6 is 0 Å². The Bertz CT molecular complexity index is 393. The average molecular weight is 281 g/mol. The third kappa shape index (κ3) is 5.46. The number of benzene rings is 1. The Morgan fingerprint density at radius 1 is 1.45 bits per heavy atom. The van der Waals surface area contributed by atoms with Crippen molar-refractivity contribution in [1.29, 1.82) is 0 Å². The Labute approximate surface area is 119 Å². The van der Waals surface area contributed by atoms with E-state index in [-0.39, 0.29) is 12.7 Å². The van der Waals surface area contributed by atoms with Gasteiger partial charge in [-0.2, -0.15) is 0 Å². The number of aliphatic hydroxyl groups is 1. The first kappa shape index (κ1) is 15.3. The molecule has 5 heteroatoms. The molecule has 1 fully saturated rings. The molecule has 1 aliphatic heterocycles. The Kier molecular flexibility index (Phi) is 6.26. The van der Waals surface area contributed by atoms with Gasteiger partial charge >= 0.3 is 0 Å². The Morgan fingerprint density at radius 2 is 2.35 bits per heavy atom. The van der Waals surface area contributed by atoms with Gasteiger partial charge in [0.1, 0.15) is 18.5 Å². The van der Waals surface area contributed by atoms with E-state index in [9.17, 15) is 5.11 Å². The van der Waals surface area contributed by atoms with Gasteiger partial charge in [0.15, 0.2) is 0 Å². The zero-order chi connectivity index (χ0) is 14.2. The van der Waals surface area contributed by atoms with E-state index in [0.717, 1.165) is 11.3 Å². The second-order valence-corrected chi connectivity index (χ2v) is 5.01.